The van der Waals surface area contributed by atoms with Gasteiger partial charge in [0.25, 0.3) is 0 Å². The number of imidazole rings is 1. The number of hydrogen-bond donors (Lipinski definition) is 1. The van der Waals surface area contributed by atoms with Crippen molar-refractivity contribution in [1.29, 1.82) is 0 Å². The van der Waals surface area contributed by atoms with Crippen LogP contribution in [0, 0.1) is 6.92 Å². The minimum absolute atomic E-state index is 0.350. The highest BCUT2D eigenvalue weighted by Gasteiger charge is 2.16. The molecule has 116 valence electrons. The minimum atomic E-state index is 0.350. The maximum absolute atomic E-state index is 4.75. The third-order valence-electron chi connectivity index (χ3n) is 3.88. The van der Waals surface area contributed by atoms with Crippen LogP contribution in [0.1, 0.15) is 38.4 Å². The van der Waals surface area contributed by atoms with Gasteiger partial charge in [-0.2, -0.15) is 10.2 Å². The van der Waals surface area contributed by atoms with Gasteiger partial charge in [0.15, 0.2) is 5.65 Å². The SMILES string of the molecule is C=CCn1cc(-c2nc3c(cnn3[C@H](C)CCC)[nH]2)c(C)n1. The molecule has 0 saturated heterocycles. The first-order valence-corrected chi connectivity index (χ1v) is 7.72. The van der Waals surface area contributed by atoms with Crippen LogP contribution in [0.4, 0.5) is 0 Å². The molecule has 0 spiro atoms. The van der Waals surface area contributed by atoms with Crippen LogP contribution in [0.3, 0.4) is 0 Å². The Balaban J connectivity index is 2.00. The Morgan fingerprint density at radius 2 is 2.27 bits per heavy atom. The molecule has 6 heteroatoms. The summed E-state index contributed by atoms with van der Waals surface area (Å²) in [6, 6.07) is 0.350. The zero-order valence-electron chi connectivity index (χ0n) is 13.4. The molecule has 0 aliphatic carbocycles. The van der Waals surface area contributed by atoms with Gasteiger partial charge < -0.3 is 4.98 Å². The molecule has 3 aromatic rings. The first-order chi connectivity index (χ1) is 10.6. The van der Waals surface area contributed by atoms with E-state index in [1.54, 1.807) is 0 Å². The molecule has 0 aromatic carbocycles. The van der Waals surface area contributed by atoms with Crippen molar-refractivity contribution in [3.05, 3.63) is 30.7 Å². The van der Waals surface area contributed by atoms with Gasteiger partial charge >= 0.3 is 0 Å². The molecule has 3 aromatic heterocycles. The largest absolute Gasteiger partial charge is 0.335 e. The summed E-state index contributed by atoms with van der Waals surface area (Å²) in [6.45, 7) is 10.8. The van der Waals surface area contributed by atoms with Crippen molar-refractivity contribution < 1.29 is 0 Å². The van der Waals surface area contributed by atoms with Gasteiger partial charge in [0.1, 0.15) is 11.3 Å². The van der Waals surface area contributed by atoms with Crippen molar-refractivity contribution in [1.82, 2.24) is 29.5 Å². The Bertz CT molecular complexity index is 791. The van der Waals surface area contributed by atoms with E-state index >= 15 is 0 Å². The zero-order chi connectivity index (χ0) is 15.7. The smallest absolute Gasteiger partial charge is 0.177 e. The molecule has 3 heterocycles. The quantitative estimate of drug-likeness (QED) is 0.709. The maximum atomic E-state index is 4.75. The number of nitrogens with one attached hydrogen (secondary N) is 1. The van der Waals surface area contributed by atoms with Crippen LogP contribution in [0.2, 0.25) is 0 Å². The van der Waals surface area contributed by atoms with Crippen molar-refractivity contribution >= 4 is 11.2 Å². The van der Waals surface area contributed by atoms with Crippen LogP contribution in [-0.2, 0) is 6.54 Å². The Kier molecular flexibility index (Phi) is 3.83. The average Bonchev–Trinajstić information content (AvgIpc) is 3.12. The topological polar surface area (TPSA) is 64.3 Å². The van der Waals surface area contributed by atoms with E-state index < -0.39 is 0 Å². The number of fused-ring (bicyclic) bond motifs is 1. The number of aromatic nitrogens is 6. The van der Waals surface area contributed by atoms with Crippen molar-refractivity contribution in [2.75, 3.05) is 0 Å². The Labute approximate surface area is 129 Å². The fraction of sp³-hybridized carbons (Fsp3) is 0.438. The Morgan fingerprint density at radius 3 is 3.00 bits per heavy atom. The number of H-pyrrole nitrogens is 1. The lowest BCUT2D eigenvalue weighted by atomic mass is 10.2. The van der Waals surface area contributed by atoms with Crippen molar-refractivity contribution in [2.45, 2.75) is 46.2 Å². The summed E-state index contributed by atoms with van der Waals surface area (Å²) in [5, 5.41) is 8.94. The summed E-state index contributed by atoms with van der Waals surface area (Å²) in [6.07, 6.45) is 7.91. The number of aromatic amines is 1. The zero-order valence-corrected chi connectivity index (χ0v) is 13.4. The molecule has 0 radical (unpaired) electrons. The van der Waals surface area contributed by atoms with Gasteiger partial charge in [-0.15, -0.1) is 6.58 Å². The fourth-order valence-corrected chi connectivity index (χ4v) is 2.78. The van der Waals surface area contributed by atoms with E-state index in [-0.39, 0.29) is 0 Å². The van der Waals surface area contributed by atoms with E-state index in [9.17, 15) is 0 Å². The molecule has 0 aliphatic rings. The maximum Gasteiger partial charge on any atom is 0.177 e. The molecule has 1 N–H and O–H groups in total. The molecule has 1 atom stereocenters. The van der Waals surface area contributed by atoms with E-state index in [2.05, 4.69) is 35.6 Å². The monoisotopic (exact) mass is 298 g/mol. The number of nitrogens with zero attached hydrogens (tertiary/aromatic N) is 5. The molecule has 0 bridgehead atoms. The second kappa shape index (κ2) is 5.79. The molecule has 6 nitrogen and oxygen atoms in total. The number of aryl methyl sites for hydroxylation is 1. The van der Waals surface area contributed by atoms with Gasteiger partial charge in [0.2, 0.25) is 0 Å². The van der Waals surface area contributed by atoms with Crippen LogP contribution in [0.25, 0.3) is 22.6 Å². The van der Waals surface area contributed by atoms with Gasteiger partial charge in [-0.1, -0.05) is 19.4 Å². The second-order valence-electron chi connectivity index (χ2n) is 5.69. The third-order valence-corrected chi connectivity index (χ3v) is 3.88. The molecule has 0 aliphatic heterocycles. The van der Waals surface area contributed by atoms with Gasteiger partial charge in [0.05, 0.1) is 30.0 Å². The van der Waals surface area contributed by atoms with Crippen molar-refractivity contribution in [3.8, 4) is 11.4 Å². The van der Waals surface area contributed by atoms with E-state index in [4.69, 9.17) is 4.98 Å². The van der Waals surface area contributed by atoms with E-state index in [1.807, 2.05) is 34.8 Å². The van der Waals surface area contributed by atoms with Crippen molar-refractivity contribution in [2.24, 2.45) is 0 Å². The molecular formula is C16H22N6. The van der Waals surface area contributed by atoms with Gasteiger partial charge in [0, 0.05) is 6.20 Å². The van der Waals surface area contributed by atoms with Gasteiger partial charge in [-0.25, -0.2) is 9.67 Å². The predicted octanol–water partition coefficient (Wildman–Crippen LogP) is 3.48. The number of hydrogen-bond acceptors (Lipinski definition) is 3. The van der Waals surface area contributed by atoms with E-state index in [0.29, 0.717) is 12.6 Å². The lowest BCUT2D eigenvalue weighted by Crippen LogP contribution is -2.06. The summed E-state index contributed by atoms with van der Waals surface area (Å²) in [7, 11) is 0. The average molecular weight is 298 g/mol. The third kappa shape index (κ3) is 2.45. The van der Waals surface area contributed by atoms with Crippen molar-refractivity contribution in [3.63, 3.8) is 0 Å². The van der Waals surface area contributed by atoms with Crippen LogP contribution >= 0.6 is 0 Å². The van der Waals surface area contributed by atoms with Crippen LogP contribution in [-0.4, -0.2) is 29.5 Å². The first kappa shape index (κ1) is 14.6. The predicted molar refractivity (Wildman–Crippen MR) is 87.7 cm³/mol. The van der Waals surface area contributed by atoms with E-state index in [1.165, 1.54) is 0 Å². The molecule has 0 unspecified atom stereocenters. The molecule has 0 saturated carbocycles. The highest BCUT2D eigenvalue weighted by atomic mass is 15.3. The summed E-state index contributed by atoms with van der Waals surface area (Å²) < 4.78 is 3.87. The number of allylic oxidation sites excluding steroid dienone is 1. The summed E-state index contributed by atoms with van der Waals surface area (Å²) in [5.41, 5.74) is 3.85. The summed E-state index contributed by atoms with van der Waals surface area (Å²) >= 11 is 0. The molecule has 0 amide bonds. The molecule has 3 rings (SSSR count). The minimum Gasteiger partial charge on any atom is -0.335 e. The van der Waals surface area contributed by atoms with Crippen LogP contribution < -0.4 is 0 Å². The lowest BCUT2D eigenvalue weighted by molar-refractivity contribution is 0.466. The normalized spacial score (nSPS) is 12.9. The van der Waals surface area contributed by atoms with Crippen LogP contribution in [0.5, 0.6) is 0 Å². The highest BCUT2D eigenvalue weighted by Crippen LogP contribution is 2.25. The Morgan fingerprint density at radius 1 is 1.45 bits per heavy atom. The van der Waals surface area contributed by atoms with E-state index in [0.717, 1.165) is 41.1 Å². The van der Waals surface area contributed by atoms with Gasteiger partial charge in [-0.05, 0) is 20.3 Å². The Hall–Kier alpha value is -2.37. The first-order valence-electron chi connectivity index (χ1n) is 7.72. The van der Waals surface area contributed by atoms with Crippen LogP contribution in [0.15, 0.2) is 25.0 Å². The number of rotatable bonds is 6. The molecular weight excluding hydrogens is 276 g/mol. The lowest BCUT2D eigenvalue weighted by Gasteiger charge is -2.10. The fourth-order valence-electron chi connectivity index (χ4n) is 2.78. The van der Waals surface area contributed by atoms with Gasteiger partial charge in [-0.3, -0.25) is 4.68 Å². The second-order valence-corrected chi connectivity index (χ2v) is 5.69. The summed E-state index contributed by atoms with van der Waals surface area (Å²) in [5.74, 6) is 0.845. The summed E-state index contributed by atoms with van der Waals surface area (Å²) in [4.78, 5) is 8.10. The molecule has 22 heavy (non-hydrogen) atoms. The molecule has 0 fully saturated rings. The standard InChI is InChI=1S/C16H22N6/c1-5-7-11(3)22-16-14(9-17-22)18-15(19-16)13-10-21(8-6-2)20-12(13)4/h6,9-11H,2,5,7-8H2,1,3-4H3,(H,18,19)/t11-/m1/s1. The highest BCUT2D eigenvalue weighted by molar-refractivity contribution is 5.76.